The fourth-order valence-corrected chi connectivity index (χ4v) is 1.63. The Hall–Kier alpha value is -1.47. The van der Waals surface area contributed by atoms with Gasteiger partial charge in [-0.15, -0.1) is 0 Å². The molecule has 1 rings (SSSR count). The zero-order chi connectivity index (χ0) is 11.4. The maximum absolute atomic E-state index is 11.5. The molecule has 0 fully saturated rings. The number of alkyl halides is 1. The quantitative estimate of drug-likeness (QED) is 0.479. The number of hydrogen-bond donors (Lipinski definition) is 0. The number of benzene rings is 1. The van der Waals surface area contributed by atoms with Crippen LogP contribution in [0, 0.1) is 18.3 Å². The van der Waals surface area contributed by atoms with Crippen LogP contribution in [0.2, 0.25) is 0 Å². The van der Waals surface area contributed by atoms with E-state index in [1.807, 2.05) is 6.07 Å². The molecule has 3 nitrogen and oxygen atoms in total. The van der Waals surface area contributed by atoms with E-state index in [9.17, 15) is 9.59 Å². The first-order chi connectivity index (χ1) is 7.13. The SMILES string of the molecule is Cc1cc(C=O)cc(C(=O)CBr)c1C#N. The minimum Gasteiger partial charge on any atom is -0.298 e. The largest absolute Gasteiger partial charge is 0.298 e. The summed E-state index contributed by atoms with van der Waals surface area (Å²) < 4.78 is 0. The molecule has 0 heterocycles. The number of nitriles is 1. The monoisotopic (exact) mass is 265 g/mol. The zero-order valence-corrected chi connectivity index (χ0v) is 9.67. The minimum atomic E-state index is -0.196. The number of carbonyl (C=O) groups excluding carboxylic acids is 2. The molecule has 0 aliphatic carbocycles. The molecule has 0 saturated heterocycles. The van der Waals surface area contributed by atoms with Crippen molar-refractivity contribution in [2.75, 3.05) is 5.33 Å². The summed E-state index contributed by atoms with van der Waals surface area (Å²) in [5.74, 6) is -0.196. The minimum absolute atomic E-state index is 0.142. The van der Waals surface area contributed by atoms with Crippen molar-refractivity contribution in [2.45, 2.75) is 6.92 Å². The van der Waals surface area contributed by atoms with Crippen LogP contribution in [-0.4, -0.2) is 17.4 Å². The molecule has 0 radical (unpaired) electrons. The van der Waals surface area contributed by atoms with E-state index in [2.05, 4.69) is 15.9 Å². The van der Waals surface area contributed by atoms with Gasteiger partial charge in [-0.3, -0.25) is 9.59 Å². The highest BCUT2D eigenvalue weighted by Crippen LogP contribution is 2.17. The lowest BCUT2D eigenvalue weighted by molar-refractivity contribution is 0.102. The second-order valence-corrected chi connectivity index (χ2v) is 3.61. The van der Waals surface area contributed by atoms with E-state index in [4.69, 9.17) is 5.26 Å². The molecule has 0 aromatic heterocycles. The first kappa shape index (κ1) is 11.6. The lowest BCUT2D eigenvalue weighted by atomic mass is 9.97. The molecule has 0 saturated carbocycles. The zero-order valence-electron chi connectivity index (χ0n) is 8.08. The maximum Gasteiger partial charge on any atom is 0.174 e. The van der Waals surface area contributed by atoms with Crippen molar-refractivity contribution in [2.24, 2.45) is 0 Å². The summed E-state index contributed by atoms with van der Waals surface area (Å²) in [5.41, 5.74) is 1.70. The van der Waals surface area contributed by atoms with E-state index >= 15 is 0 Å². The van der Waals surface area contributed by atoms with Gasteiger partial charge in [0.2, 0.25) is 0 Å². The van der Waals surface area contributed by atoms with Gasteiger partial charge in [0.05, 0.1) is 10.9 Å². The molecule has 1 aromatic carbocycles. The lowest BCUT2D eigenvalue weighted by Crippen LogP contribution is -2.06. The first-order valence-electron chi connectivity index (χ1n) is 4.23. The summed E-state index contributed by atoms with van der Waals surface area (Å²) in [6, 6.07) is 5.01. The third kappa shape index (κ3) is 2.31. The average molecular weight is 266 g/mol. The number of carbonyl (C=O) groups is 2. The van der Waals surface area contributed by atoms with Gasteiger partial charge in [-0.05, 0) is 24.6 Å². The van der Waals surface area contributed by atoms with Crippen molar-refractivity contribution in [3.8, 4) is 6.07 Å². The van der Waals surface area contributed by atoms with E-state index in [-0.39, 0.29) is 11.1 Å². The molecule has 15 heavy (non-hydrogen) atoms. The molecule has 0 spiro atoms. The Kier molecular flexibility index (Phi) is 3.75. The van der Waals surface area contributed by atoms with Crippen LogP contribution in [0.25, 0.3) is 0 Å². The van der Waals surface area contributed by atoms with Gasteiger partial charge in [0.25, 0.3) is 0 Å². The number of rotatable bonds is 3. The number of nitrogens with zero attached hydrogens (tertiary/aromatic N) is 1. The number of aryl methyl sites for hydroxylation is 1. The summed E-state index contributed by atoms with van der Waals surface area (Å²) in [7, 11) is 0. The van der Waals surface area contributed by atoms with Crippen LogP contribution in [0.1, 0.15) is 31.8 Å². The number of hydrogen-bond acceptors (Lipinski definition) is 3. The fraction of sp³-hybridized carbons (Fsp3) is 0.182. The average Bonchev–Trinajstić information content (AvgIpc) is 2.26. The summed E-state index contributed by atoms with van der Waals surface area (Å²) in [5, 5.41) is 9.04. The van der Waals surface area contributed by atoms with Crippen LogP contribution in [0.4, 0.5) is 0 Å². The Labute approximate surface area is 95.8 Å². The highest BCUT2D eigenvalue weighted by atomic mass is 79.9. The van der Waals surface area contributed by atoms with E-state index in [0.717, 1.165) is 0 Å². The maximum atomic E-state index is 11.5. The van der Waals surface area contributed by atoms with Gasteiger partial charge in [0, 0.05) is 11.1 Å². The van der Waals surface area contributed by atoms with Gasteiger partial charge < -0.3 is 0 Å². The molecular weight excluding hydrogens is 258 g/mol. The standard InChI is InChI=1S/C11H8BrNO2/c1-7-2-8(6-14)3-9(10(7)5-13)11(15)4-12/h2-3,6H,4H2,1H3. The normalized spacial score (nSPS) is 9.40. The summed E-state index contributed by atoms with van der Waals surface area (Å²) in [6.07, 6.45) is 0.666. The second kappa shape index (κ2) is 4.85. The van der Waals surface area contributed by atoms with Crippen molar-refractivity contribution < 1.29 is 9.59 Å². The van der Waals surface area contributed by atoms with Crippen molar-refractivity contribution >= 4 is 28.0 Å². The van der Waals surface area contributed by atoms with Gasteiger partial charge >= 0.3 is 0 Å². The number of halogens is 1. The molecule has 0 aliphatic heterocycles. The van der Waals surface area contributed by atoms with Crippen LogP contribution in [0.15, 0.2) is 12.1 Å². The van der Waals surface area contributed by atoms with E-state index < -0.39 is 0 Å². The predicted octanol–water partition coefficient (Wildman–Crippen LogP) is 2.26. The molecule has 0 amide bonds. The van der Waals surface area contributed by atoms with E-state index in [1.165, 1.54) is 6.07 Å². The Bertz CT molecular complexity index is 460. The van der Waals surface area contributed by atoms with Crippen molar-refractivity contribution in [1.29, 1.82) is 5.26 Å². The Balaban J connectivity index is 3.47. The highest BCUT2D eigenvalue weighted by molar-refractivity contribution is 9.09. The van der Waals surface area contributed by atoms with Gasteiger partial charge in [-0.2, -0.15) is 5.26 Å². The van der Waals surface area contributed by atoms with Crippen LogP contribution in [0.5, 0.6) is 0 Å². The van der Waals surface area contributed by atoms with Crippen molar-refractivity contribution in [3.05, 3.63) is 34.4 Å². The molecule has 1 aromatic rings. The van der Waals surface area contributed by atoms with Crippen molar-refractivity contribution in [1.82, 2.24) is 0 Å². The molecule has 4 heteroatoms. The van der Waals surface area contributed by atoms with Gasteiger partial charge in [-0.1, -0.05) is 15.9 Å². The third-order valence-electron chi connectivity index (χ3n) is 2.03. The molecular formula is C11H8BrNO2. The van der Waals surface area contributed by atoms with Gasteiger partial charge in [0.1, 0.15) is 12.4 Å². The molecule has 0 aliphatic rings. The number of Topliss-reactive ketones (excluding diaryl/α,β-unsaturated/α-hetero) is 1. The van der Waals surface area contributed by atoms with Gasteiger partial charge in [-0.25, -0.2) is 0 Å². The van der Waals surface area contributed by atoms with Gasteiger partial charge in [0.15, 0.2) is 5.78 Å². The molecule has 0 bridgehead atoms. The second-order valence-electron chi connectivity index (χ2n) is 3.05. The summed E-state index contributed by atoms with van der Waals surface area (Å²) in [4.78, 5) is 22.1. The molecule has 76 valence electrons. The van der Waals surface area contributed by atoms with Crippen LogP contribution in [0.3, 0.4) is 0 Å². The van der Waals surface area contributed by atoms with Crippen molar-refractivity contribution in [3.63, 3.8) is 0 Å². The van der Waals surface area contributed by atoms with Crippen LogP contribution < -0.4 is 0 Å². The fourth-order valence-electron chi connectivity index (χ4n) is 1.32. The number of ketones is 1. The lowest BCUT2D eigenvalue weighted by Gasteiger charge is -2.05. The Morgan fingerprint density at radius 2 is 2.27 bits per heavy atom. The first-order valence-corrected chi connectivity index (χ1v) is 5.35. The predicted molar refractivity (Wildman–Crippen MR) is 59.4 cm³/mol. The molecule has 0 unspecified atom stereocenters. The van der Waals surface area contributed by atoms with E-state index in [0.29, 0.717) is 28.5 Å². The third-order valence-corrected chi connectivity index (χ3v) is 2.54. The Morgan fingerprint density at radius 3 is 2.73 bits per heavy atom. The van der Waals surface area contributed by atoms with Crippen LogP contribution in [-0.2, 0) is 0 Å². The number of aldehydes is 1. The molecule has 0 N–H and O–H groups in total. The van der Waals surface area contributed by atoms with E-state index in [1.54, 1.807) is 13.0 Å². The summed E-state index contributed by atoms with van der Waals surface area (Å²) in [6.45, 7) is 1.70. The Morgan fingerprint density at radius 1 is 1.60 bits per heavy atom. The topological polar surface area (TPSA) is 57.9 Å². The molecule has 0 atom stereocenters. The van der Waals surface area contributed by atoms with Crippen LogP contribution >= 0.6 is 15.9 Å². The smallest absolute Gasteiger partial charge is 0.174 e. The highest BCUT2D eigenvalue weighted by Gasteiger charge is 2.13. The summed E-state index contributed by atoms with van der Waals surface area (Å²) >= 11 is 3.04.